The van der Waals surface area contributed by atoms with Gasteiger partial charge in [-0.3, -0.25) is 4.79 Å². The van der Waals surface area contributed by atoms with E-state index in [2.05, 4.69) is 12.2 Å². The van der Waals surface area contributed by atoms with Gasteiger partial charge in [0.1, 0.15) is 0 Å². The summed E-state index contributed by atoms with van der Waals surface area (Å²) < 4.78 is 0. The van der Waals surface area contributed by atoms with Crippen molar-refractivity contribution in [3.63, 3.8) is 0 Å². The number of nitrogens with zero attached hydrogens (tertiary/aromatic N) is 1. The molecule has 1 rings (SSSR count). The first-order valence-corrected chi connectivity index (χ1v) is 6.12. The minimum Gasteiger partial charge on any atom is -0.340 e. The number of amides is 1. The standard InChI is InChI=1S/C12H24N2O/c1-4-5-6-7-9-14-10-8-13-12(2,3)11(14)15/h13H,4-10H2,1-3H3. The van der Waals surface area contributed by atoms with Gasteiger partial charge < -0.3 is 10.2 Å². The number of unbranched alkanes of at least 4 members (excludes halogenated alkanes) is 3. The Bertz CT molecular complexity index is 214. The van der Waals surface area contributed by atoms with Crippen LogP contribution in [0, 0.1) is 0 Å². The highest BCUT2D eigenvalue weighted by atomic mass is 16.2. The number of rotatable bonds is 5. The van der Waals surface area contributed by atoms with Gasteiger partial charge in [0.25, 0.3) is 0 Å². The molecule has 0 aromatic carbocycles. The van der Waals surface area contributed by atoms with E-state index >= 15 is 0 Å². The third-order valence-electron chi connectivity index (χ3n) is 3.05. The zero-order valence-corrected chi connectivity index (χ0v) is 10.3. The van der Waals surface area contributed by atoms with Crippen LogP contribution in [-0.2, 0) is 4.79 Å². The van der Waals surface area contributed by atoms with Crippen LogP contribution in [0.3, 0.4) is 0 Å². The molecular formula is C12H24N2O. The molecule has 1 fully saturated rings. The van der Waals surface area contributed by atoms with Crippen LogP contribution in [0.15, 0.2) is 0 Å². The first-order valence-electron chi connectivity index (χ1n) is 6.12. The van der Waals surface area contributed by atoms with Crippen molar-refractivity contribution in [1.82, 2.24) is 10.2 Å². The topological polar surface area (TPSA) is 32.3 Å². The summed E-state index contributed by atoms with van der Waals surface area (Å²) in [4.78, 5) is 14.0. The number of carbonyl (C=O) groups excluding carboxylic acids is 1. The van der Waals surface area contributed by atoms with Gasteiger partial charge in [-0.25, -0.2) is 0 Å². The first kappa shape index (κ1) is 12.5. The van der Waals surface area contributed by atoms with Crippen molar-refractivity contribution in [2.75, 3.05) is 19.6 Å². The SMILES string of the molecule is CCCCCCN1CCNC(C)(C)C1=O. The van der Waals surface area contributed by atoms with E-state index in [0.717, 1.165) is 26.1 Å². The third kappa shape index (κ3) is 3.49. The van der Waals surface area contributed by atoms with E-state index < -0.39 is 0 Å². The van der Waals surface area contributed by atoms with Gasteiger partial charge in [-0.2, -0.15) is 0 Å². The molecule has 0 unspecified atom stereocenters. The van der Waals surface area contributed by atoms with Gasteiger partial charge in [0, 0.05) is 19.6 Å². The Kier molecular flexibility index (Phi) is 4.58. The quantitative estimate of drug-likeness (QED) is 0.705. The van der Waals surface area contributed by atoms with Crippen LogP contribution < -0.4 is 5.32 Å². The van der Waals surface area contributed by atoms with Gasteiger partial charge in [0.15, 0.2) is 0 Å². The Morgan fingerprint density at radius 3 is 2.73 bits per heavy atom. The highest BCUT2D eigenvalue weighted by Crippen LogP contribution is 2.13. The molecule has 0 bridgehead atoms. The normalized spacial score (nSPS) is 20.7. The molecule has 0 aromatic heterocycles. The van der Waals surface area contributed by atoms with Crippen molar-refractivity contribution < 1.29 is 4.79 Å². The Hall–Kier alpha value is -0.570. The Labute approximate surface area is 93.2 Å². The van der Waals surface area contributed by atoms with E-state index in [1.807, 2.05) is 18.7 Å². The largest absolute Gasteiger partial charge is 0.340 e. The molecule has 1 amide bonds. The number of hydrogen-bond acceptors (Lipinski definition) is 2. The Balaban J connectivity index is 2.32. The molecule has 0 atom stereocenters. The summed E-state index contributed by atoms with van der Waals surface area (Å²) in [5.74, 6) is 0.255. The average molecular weight is 212 g/mol. The highest BCUT2D eigenvalue weighted by Gasteiger charge is 2.34. The molecule has 15 heavy (non-hydrogen) atoms. The average Bonchev–Trinajstić information content (AvgIpc) is 2.19. The van der Waals surface area contributed by atoms with E-state index in [4.69, 9.17) is 0 Å². The maximum absolute atomic E-state index is 12.0. The van der Waals surface area contributed by atoms with Crippen LogP contribution in [0.25, 0.3) is 0 Å². The van der Waals surface area contributed by atoms with Gasteiger partial charge in [0.05, 0.1) is 5.54 Å². The first-order chi connectivity index (χ1) is 7.08. The number of carbonyl (C=O) groups is 1. The fourth-order valence-corrected chi connectivity index (χ4v) is 2.02. The second-order valence-corrected chi connectivity index (χ2v) is 4.90. The lowest BCUT2D eigenvalue weighted by molar-refractivity contribution is -0.139. The summed E-state index contributed by atoms with van der Waals surface area (Å²) in [6.07, 6.45) is 4.93. The van der Waals surface area contributed by atoms with Crippen molar-refractivity contribution in [3.8, 4) is 0 Å². The Morgan fingerprint density at radius 1 is 1.33 bits per heavy atom. The van der Waals surface area contributed by atoms with Crippen molar-refractivity contribution in [3.05, 3.63) is 0 Å². The molecule has 1 saturated heterocycles. The zero-order valence-electron chi connectivity index (χ0n) is 10.3. The lowest BCUT2D eigenvalue weighted by Crippen LogP contribution is -2.61. The van der Waals surface area contributed by atoms with Crippen molar-refractivity contribution >= 4 is 5.91 Å². The van der Waals surface area contributed by atoms with Crippen LogP contribution in [0.5, 0.6) is 0 Å². The number of hydrogen-bond donors (Lipinski definition) is 1. The molecule has 3 nitrogen and oxygen atoms in total. The molecule has 1 aliphatic rings. The molecule has 1 N–H and O–H groups in total. The van der Waals surface area contributed by atoms with Gasteiger partial charge in [-0.15, -0.1) is 0 Å². The maximum Gasteiger partial charge on any atom is 0.242 e. The molecular weight excluding hydrogens is 188 g/mol. The van der Waals surface area contributed by atoms with E-state index in [9.17, 15) is 4.79 Å². The monoisotopic (exact) mass is 212 g/mol. The predicted octanol–water partition coefficient (Wildman–Crippen LogP) is 1.78. The predicted molar refractivity (Wildman–Crippen MR) is 62.8 cm³/mol. The lowest BCUT2D eigenvalue weighted by atomic mass is 10.0. The second kappa shape index (κ2) is 5.50. The molecule has 3 heteroatoms. The van der Waals surface area contributed by atoms with E-state index in [1.54, 1.807) is 0 Å². The summed E-state index contributed by atoms with van der Waals surface area (Å²) in [6.45, 7) is 8.87. The van der Waals surface area contributed by atoms with Crippen molar-refractivity contribution in [1.29, 1.82) is 0 Å². The van der Waals surface area contributed by atoms with E-state index in [0.29, 0.717) is 0 Å². The third-order valence-corrected chi connectivity index (χ3v) is 3.05. The smallest absolute Gasteiger partial charge is 0.242 e. The summed E-state index contributed by atoms with van der Waals surface area (Å²) >= 11 is 0. The summed E-state index contributed by atoms with van der Waals surface area (Å²) in [7, 11) is 0. The van der Waals surface area contributed by atoms with Gasteiger partial charge in [-0.05, 0) is 20.3 Å². The molecule has 0 saturated carbocycles. The summed E-state index contributed by atoms with van der Waals surface area (Å²) in [6, 6.07) is 0. The minimum absolute atomic E-state index is 0.255. The fraction of sp³-hybridized carbons (Fsp3) is 0.917. The van der Waals surface area contributed by atoms with Crippen LogP contribution in [-0.4, -0.2) is 36.0 Å². The van der Waals surface area contributed by atoms with Gasteiger partial charge in [-0.1, -0.05) is 26.2 Å². The van der Waals surface area contributed by atoms with Gasteiger partial charge >= 0.3 is 0 Å². The van der Waals surface area contributed by atoms with Crippen molar-refractivity contribution in [2.45, 2.75) is 52.0 Å². The van der Waals surface area contributed by atoms with Crippen LogP contribution >= 0.6 is 0 Å². The number of nitrogens with one attached hydrogen (secondary N) is 1. The van der Waals surface area contributed by atoms with Crippen LogP contribution in [0.1, 0.15) is 46.5 Å². The minimum atomic E-state index is -0.358. The second-order valence-electron chi connectivity index (χ2n) is 4.90. The van der Waals surface area contributed by atoms with Crippen LogP contribution in [0.4, 0.5) is 0 Å². The molecule has 88 valence electrons. The molecule has 0 spiro atoms. The van der Waals surface area contributed by atoms with Crippen molar-refractivity contribution in [2.24, 2.45) is 0 Å². The lowest BCUT2D eigenvalue weighted by Gasteiger charge is -2.38. The van der Waals surface area contributed by atoms with E-state index in [1.165, 1.54) is 19.3 Å². The Morgan fingerprint density at radius 2 is 2.07 bits per heavy atom. The maximum atomic E-state index is 12.0. The molecule has 0 aliphatic carbocycles. The molecule has 1 aliphatic heterocycles. The molecule has 1 heterocycles. The van der Waals surface area contributed by atoms with Crippen LogP contribution in [0.2, 0.25) is 0 Å². The van der Waals surface area contributed by atoms with E-state index in [-0.39, 0.29) is 11.4 Å². The highest BCUT2D eigenvalue weighted by molar-refractivity contribution is 5.86. The number of piperazine rings is 1. The molecule has 0 aromatic rings. The fourth-order valence-electron chi connectivity index (χ4n) is 2.02. The van der Waals surface area contributed by atoms with Gasteiger partial charge in [0.2, 0.25) is 5.91 Å². The molecule has 0 radical (unpaired) electrons. The zero-order chi connectivity index (χ0) is 11.3. The summed E-state index contributed by atoms with van der Waals surface area (Å²) in [5, 5.41) is 3.25. The summed E-state index contributed by atoms with van der Waals surface area (Å²) in [5.41, 5.74) is -0.358.